The molecule has 3 heterocycles. The van der Waals surface area contributed by atoms with E-state index in [2.05, 4.69) is 20.0 Å². The standard InChI is InChI=1S/C21H19N5O/c1-22-18-6-4-15(5-7-18)13-17-3-2-12-26(21(17)27)20-14-19(24-25-20)16-8-10-23-11-9-16/h4-11,14,17H,2-3,12-13H2,(H,24,25)/t17-/m0/s1. The van der Waals surface area contributed by atoms with E-state index in [1.54, 1.807) is 17.3 Å². The highest BCUT2D eigenvalue weighted by Crippen LogP contribution is 2.28. The number of nitrogens with zero attached hydrogens (tertiary/aromatic N) is 4. The molecule has 0 saturated carbocycles. The number of amides is 1. The average molecular weight is 357 g/mol. The smallest absolute Gasteiger partial charge is 0.231 e. The van der Waals surface area contributed by atoms with E-state index in [0.717, 1.165) is 29.7 Å². The van der Waals surface area contributed by atoms with Gasteiger partial charge in [0.25, 0.3) is 0 Å². The third-order valence-corrected chi connectivity index (χ3v) is 4.93. The van der Waals surface area contributed by atoms with Crippen LogP contribution in [0.25, 0.3) is 16.1 Å². The highest BCUT2D eigenvalue weighted by atomic mass is 16.2. The van der Waals surface area contributed by atoms with Crippen molar-refractivity contribution in [2.24, 2.45) is 5.92 Å². The molecule has 1 N–H and O–H groups in total. The van der Waals surface area contributed by atoms with Gasteiger partial charge in [0.1, 0.15) is 0 Å². The first kappa shape index (κ1) is 17.0. The quantitative estimate of drug-likeness (QED) is 0.718. The molecule has 134 valence electrons. The lowest BCUT2D eigenvalue weighted by Crippen LogP contribution is -2.42. The number of H-pyrrole nitrogens is 1. The first-order valence-corrected chi connectivity index (χ1v) is 8.98. The fourth-order valence-corrected chi connectivity index (χ4v) is 3.49. The Morgan fingerprint density at radius 1 is 1.19 bits per heavy atom. The number of hydrogen-bond acceptors (Lipinski definition) is 3. The molecule has 0 bridgehead atoms. The zero-order valence-electron chi connectivity index (χ0n) is 14.8. The SMILES string of the molecule is [C-]#[N+]c1ccc(C[C@@H]2CCCN(c3cc(-c4ccncc4)[nH]n3)C2=O)cc1. The number of carbonyl (C=O) groups is 1. The molecule has 1 aliphatic heterocycles. The van der Waals surface area contributed by atoms with Gasteiger partial charge in [0, 0.05) is 36.5 Å². The van der Waals surface area contributed by atoms with Gasteiger partial charge in [0.15, 0.2) is 11.5 Å². The molecule has 1 aliphatic rings. The Bertz CT molecular complexity index is 972. The van der Waals surface area contributed by atoms with Gasteiger partial charge in [-0.2, -0.15) is 5.10 Å². The van der Waals surface area contributed by atoms with Crippen molar-refractivity contribution in [2.75, 3.05) is 11.4 Å². The predicted octanol–water partition coefficient (Wildman–Crippen LogP) is 4.01. The first-order chi connectivity index (χ1) is 13.2. The van der Waals surface area contributed by atoms with Crippen LogP contribution in [0.5, 0.6) is 0 Å². The van der Waals surface area contributed by atoms with Crippen LogP contribution in [-0.4, -0.2) is 27.6 Å². The van der Waals surface area contributed by atoms with Crippen molar-refractivity contribution in [3.05, 3.63) is 71.8 Å². The number of hydrogen-bond donors (Lipinski definition) is 1. The summed E-state index contributed by atoms with van der Waals surface area (Å²) < 4.78 is 0. The molecule has 4 rings (SSSR count). The van der Waals surface area contributed by atoms with Gasteiger partial charge < -0.3 is 0 Å². The zero-order valence-corrected chi connectivity index (χ0v) is 14.8. The second-order valence-electron chi connectivity index (χ2n) is 6.69. The number of anilines is 1. The van der Waals surface area contributed by atoms with Crippen LogP contribution in [0.3, 0.4) is 0 Å². The van der Waals surface area contributed by atoms with E-state index in [1.165, 1.54) is 0 Å². The minimum Gasteiger partial charge on any atom is -0.295 e. The molecular weight excluding hydrogens is 338 g/mol. The Morgan fingerprint density at radius 3 is 2.70 bits per heavy atom. The van der Waals surface area contributed by atoms with Crippen molar-refractivity contribution in [3.8, 4) is 11.3 Å². The van der Waals surface area contributed by atoms with Crippen molar-refractivity contribution < 1.29 is 4.79 Å². The molecule has 1 fully saturated rings. The van der Waals surface area contributed by atoms with Crippen molar-refractivity contribution in [1.29, 1.82) is 0 Å². The van der Waals surface area contributed by atoms with Gasteiger partial charge in [-0.3, -0.25) is 19.8 Å². The van der Waals surface area contributed by atoms with Crippen molar-refractivity contribution in [3.63, 3.8) is 0 Å². The number of rotatable bonds is 4. The molecule has 0 unspecified atom stereocenters. The highest BCUT2D eigenvalue weighted by molar-refractivity contribution is 5.95. The van der Waals surface area contributed by atoms with Crippen molar-refractivity contribution in [2.45, 2.75) is 19.3 Å². The van der Waals surface area contributed by atoms with Gasteiger partial charge in [-0.1, -0.05) is 24.3 Å². The first-order valence-electron chi connectivity index (χ1n) is 8.98. The van der Waals surface area contributed by atoms with Crippen LogP contribution >= 0.6 is 0 Å². The molecule has 1 atom stereocenters. The lowest BCUT2D eigenvalue weighted by atomic mass is 9.90. The summed E-state index contributed by atoms with van der Waals surface area (Å²) in [5.74, 6) is 0.724. The Kier molecular flexibility index (Phi) is 4.67. The van der Waals surface area contributed by atoms with E-state index in [1.807, 2.05) is 42.5 Å². The number of benzene rings is 1. The number of nitrogens with one attached hydrogen (secondary N) is 1. The van der Waals surface area contributed by atoms with Crippen LogP contribution in [-0.2, 0) is 11.2 Å². The van der Waals surface area contributed by atoms with Gasteiger partial charge >= 0.3 is 0 Å². The zero-order chi connectivity index (χ0) is 18.6. The summed E-state index contributed by atoms with van der Waals surface area (Å²) in [4.78, 5) is 22.2. The van der Waals surface area contributed by atoms with Gasteiger partial charge in [0.05, 0.1) is 12.3 Å². The predicted molar refractivity (Wildman–Crippen MR) is 103 cm³/mol. The summed E-state index contributed by atoms with van der Waals surface area (Å²) in [5.41, 5.74) is 3.57. The molecule has 6 heteroatoms. The number of carbonyl (C=O) groups excluding carboxylic acids is 1. The number of piperidine rings is 1. The van der Waals surface area contributed by atoms with Gasteiger partial charge in [-0.15, -0.1) is 0 Å². The highest BCUT2D eigenvalue weighted by Gasteiger charge is 2.31. The molecule has 3 aromatic rings. The number of aromatic nitrogens is 3. The summed E-state index contributed by atoms with van der Waals surface area (Å²) in [6, 6.07) is 13.2. The minimum absolute atomic E-state index is 0.0568. The minimum atomic E-state index is -0.0568. The second-order valence-corrected chi connectivity index (χ2v) is 6.69. The summed E-state index contributed by atoms with van der Waals surface area (Å²) in [6.07, 6.45) is 5.99. The topological polar surface area (TPSA) is 66.2 Å². The molecule has 1 aromatic carbocycles. The monoisotopic (exact) mass is 357 g/mol. The Hall–Kier alpha value is -3.46. The summed E-state index contributed by atoms with van der Waals surface area (Å²) in [7, 11) is 0. The van der Waals surface area contributed by atoms with Crippen LogP contribution in [0.4, 0.5) is 11.5 Å². The van der Waals surface area contributed by atoms with E-state index in [4.69, 9.17) is 6.57 Å². The third kappa shape index (κ3) is 3.58. The number of aromatic amines is 1. The van der Waals surface area contributed by atoms with Crippen LogP contribution in [0, 0.1) is 12.5 Å². The number of pyridine rings is 1. The molecule has 1 saturated heterocycles. The van der Waals surface area contributed by atoms with E-state index < -0.39 is 0 Å². The van der Waals surface area contributed by atoms with Crippen molar-refractivity contribution in [1.82, 2.24) is 15.2 Å². The Morgan fingerprint density at radius 2 is 1.96 bits per heavy atom. The van der Waals surface area contributed by atoms with Gasteiger partial charge in [0.2, 0.25) is 5.91 Å². The van der Waals surface area contributed by atoms with Crippen molar-refractivity contribution >= 4 is 17.4 Å². The molecule has 27 heavy (non-hydrogen) atoms. The maximum atomic E-state index is 13.0. The fourth-order valence-electron chi connectivity index (χ4n) is 3.49. The molecule has 1 amide bonds. The molecular formula is C21H19N5O. The molecule has 0 spiro atoms. The van der Waals surface area contributed by atoms with Gasteiger partial charge in [-0.25, -0.2) is 4.85 Å². The normalized spacial score (nSPS) is 16.9. The molecule has 6 nitrogen and oxygen atoms in total. The summed E-state index contributed by atoms with van der Waals surface area (Å²) in [6.45, 7) is 7.72. The van der Waals surface area contributed by atoms with Crippen LogP contribution in [0.2, 0.25) is 0 Å². The fraction of sp³-hybridized carbons (Fsp3) is 0.238. The Balaban J connectivity index is 1.50. The maximum absolute atomic E-state index is 13.0. The van der Waals surface area contributed by atoms with Crippen LogP contribution < -0.4 is 4.90 Å². The van der Waals surface area contributed by atoms with E-state index in [0.29, 0.717) is 24.5 Å². The summed E-state index contributed by atoms with van der Waals surface area (Å²) >= 11 is 0. The maximum Gasteiger partial charge on any atom is 0.231 e. The lowest BCUT2D eigenvalue weighted by Gasteiger charge is -2.30. The third-order valence-electron chi connectivity index (χ3n) is 4.93. The van der Waals surface area contributed by atoms with Crippen LogP contribution in [0.15, 0.2) is 54.9 Å². The largest absolute Gasteiger partial charge is 0.295 e. The van der Waals surface area contributed by atoms with E-state index in [9.17, 15) is 4.79 Å². The molecule has 2 aromatic heterocycles. The molecule has 0 aliphatic carbocycles. The van der Waals surface area contributed by atoms with Crippen LogP contribution in [0.1, 0.15) is 18.4 Å². The van der Waals surface area contributed by atoms with E-state index >= 15 is 0 Å². The molecule has 0 radical (unpaired) electrons. The lowest BCUT2D eigenvalue weighted by molar-refractivity contribution is -0.123. The average Bonchev–Trinajstić information content (AvgIpc) is 3.21. The van der Waals surface area contributed by atoms with Gasteiger partial charge in [-0.05, 0) is 37.0 Å². The van der Waals surface area contributed by atoms with E-state index in [-0.39, 0.29) is 11.8 Å². The second kappa shape index (κ2) is 7.42. The summed E-state index contributed by atoms with van der Waals surface area (Å²) in [5, 5.41) is 7.37. The Labute approximate surface area is 157 Å².